The van der Waals surface area contributed by atoms with Crippen LogP contribution in [-0.2, 0) is 0 Å². The third-order valence-electron chi connectivity index (χ3n) is 1.67. The molecule has 0 aromatic carbocycles. The third-order valence-corrected chi connectivity index (χ3v) is 1.67. The van der Waals surface area contributed by atoms with Gasteiger partial charge in [0.1, 0.15) is 11.4 Å². The Labute approximate surface area is 66.9 Å². The van der Waals surface area contributed by atoms with Crippen molar-refractivity contribution in [3.05, 3.63) is 33.7 Å². The first-order valence-electron chi connectivity index (χ1n) is 3.30. The number of carbonyl (C=O) groups is 1. The van der Waals surface area contributed by atoms with Crippen molar-refractivity contribution in [2.75, 3.05) is 0 Å². The van der Waals surface area contributed by atoms with Crippen molar-refractivity contribution in [2.45, 2.75) is 0 Å². The van der Waals surface area contributed by atoms with Gasteiger partial charge in [-0.25, -0.2) is 0 Å². The number of amidine groups is 1. The van der Waals surface area contributed by atoms with E-state index in [0.717, 1.165) is 0 Å². The van der Waals surface area contributed by atoms with Crippen molar-refractivity contribution in [3.8, 4) is 0 Å². The molecule has 5 heteroatoms. The maximum absolute atomic E-state index is 11.1. The lowest BCUT2D eigenvalue weighted by Gasteiger charge is -1.93. The molecule has 0 saturated heterocycles. The largest absolute Gasteiger partial charge is 0.383 e. The van der Waals surface area contributed by atoms with Crippen LogP contribution in [0.5, 0.6) is 0 Å². The van der Waals surface area contributed by atoms with Crippen LogP contribution in [0.3, 0.4) is 0 Å². The summed E-state index contributed by atoms with van der Waals surface area (Å²) in [4.78, 5) is 27.9. The lowest BCUT2D eigenvalue weighted by atomic mass is 10.1. The number of nitrogens with zero attached hydrogens (tertiary/aromatic N) is 1. The van der Waals surface area contributed by atoms with Gasteiger partial charge in [-0.3, -0.25) is 9.59 Å². The van der Waals surface area contributed by atoms with Crippen molar-refractivity contribution in [2.24, 2.45) is 10.7 Å². The standard InChI is InChI=1S/C7H5N3O2/c8-5-3-1-2-9-6(11)4(3)7(12)10-5/h1-2H,(H,9,11)(H2,8,10,12). The van der Waals surface area contributed by atoms with Crippen LogP contribution in [0.4, 0.5) is 0 Å². The van der Waals surface area contributed by atoms with Gasteiger partial charge in [-0.15, -0.1) is 0 Å². The van der Waals surface area contributed by atoms with E-state index in [0.29, 0.717) is 5.56 Å². The Kier molecular flexibility index (Phi) is 1.15. The molecular formula is C7H5N3O2. The maximum Gasteiger partial charge on any atom is 0.285 e. The number of H-pyrrole nitrogens is 1. The Morgan fingerprint density at radius 1 is 1.42 bits per heavy atom. The molecule has 0 bridgehead atoms. The van der Waals surface area contributed by atoms with Gasteiger partial charge in [0, 0.05) is 11.8 Å². The zero-order chi connectivity index (χ0) is 8.72. The van der Waals surface area contributed by atoms with Crippen LogP contribution in [0.25, 0.3) is 0 Å². The molecular weight excluding hydrogens is 158 g/mol. The number of aromatic amines is 1. The zero-order valence-electron chi connectivity index (χ0n) is 6.00. The maximum atomic E-state index is 11.1. The number of aromatic nitrogens is 1. The Bertz CT molecular complexity index is 444. The molecule has 1 aliphatic rings. The lowest BCUT2D eigenvalue weighted by molar-refractivity contribution is 0.100. The number of carbonyl (C=O) groups excluding carboxylic acids is 1. The Morgan fingerprint density at radius 3 is 2.83 bits per heavy atom. The molecule has 5 nitrogen and oxygen atoms in total. The average Bonchev–Trinajstić information content (AvgIpc) is 2.29. The Balaban J connectivity index is 2.84. The molecule has 12 heavy (non-hydrogen) atoms. The van der Waals surface area contributed by atoms with Crippen LogP contribution in [0.2, 0.25) is 0 Å². The molecule has 2 rings (SSSR count). The fourth-order valence-electron chi connectivity index (χ4n) is 1.13. The molecule has 1 amide bonds. The number of fused-ring (bicyclic) bond motifs is 1. The molecule has 1 aromatic rings. The zero-order valence-corrected chi connectivity index (χ0v) is 6.00. The van der Waals surface area contributed by atoms with Gasteiger partial charge in [-0.05, 0) is 6.07 Å². The predicted molar refractivity (Wildman–Crippen MR) is 42.1 cm³/mol. The van der Waals surface area contributed by atoms with E-state index in [2.05, 4.69) is 9.98 Å². The van der Waals surface area contributed by atoms with Crippen molar-refractivity contribution >= 4 is 11.7 Å². The predicted octanol–water partition coefficient (Wildman–Crippen LogP) is -0.766. The Hall–Kier alpha value is -1.91. The first kappa shape index (κ1) is 6.78. The fourth-order valence-corrected chi connectivity index (χ4v) is 1.13. The molecule has 0 unspecified atom stereocenters. The molecule has 0 saturated carbocycles. The number of amides is 1. The minimum absolute atomic E-state index is 0.0370. The van der Waals surface area contributed by atoms with Gasteiger partial charge in [-0.2, -0.15) is 4.99 Å². The van der Waals surface area contributed by atoms with E-state index < -0.39 is 11.5 Å². The van der Waals surface area contributed by atoms with Gasteiger partial charge in [0.15, 0.2) is 0 Å². The highest BCUT2D eigenvalue weighted by Crippen LogP contribution is 2.10. The van der Waals surface area contributed by atoms with E-state index >= 15 is 0 Å². The number of hydrogen-bond donors (Lipinski definition) is 2. The van der Waals surface area contributed by atoms with E-state index in [1.54, 1.807) is 6.07 Å². The van der Waals surface area contributed by atoms with E-state index in [4.69, 9.17) is 5.73 Å². The third kappa shape index (κ3) is 0.701. The monoisotopic (exact) mass is 163 g/mol. The molecule has 0 radical (unpaired) electrons. The minimum Gasteiger partial charge on any atom is -0.383 e. The average molecular weight is 163 g/mol. The summed E-state index contributed by atoms with van der Waals surface area (Å²) >= 11 is 0. The molecule has 0 atom stereocenters. The van der Waals surface area contributed by atoms with Crippen molar-refractivity contribution in [1.82, 2.24) is 4.98 Å². The van der Waals surface area contributed by atoms with Crippen LogP contribution in [0.15, 0.2) is 22.1 Å². The summed E-state index contributed by atoms with van der Waals surface area (Å²) in [5.74, 6) is -0.453. The smallest absolute Gasteiger partial charge is 0.285 e. The van der Waals surface area contributed by atoms with Gasteiger partial charge >= 0.3 is 0 Å². The molecule has 1 aromatic heterocycles. The first-order valence-corrected chi connectivity index (χ1v) is 3.30. The van der Waals surface area contributed by atoms with E-state index in [1.807, 2.05) is 0 Å². The summed E-state index contributed by atoms with van der Waals surface area (Å²) < 4.78 is 0. The van der Waals surface area contributed by atoms with Gasteiger partial charge in [0.25, 0.3) is 11.5 Å². The number of nitrogens with two attached hydrogens (primary N) is 1. The van der Waals surface area contributed by atoms with Gasteiger partial charge in [0.05, 0.1) is 0 Å². The van der Waals surface area contributed by atoms with Gasteiger partial charge in [-0.1, -0.05) is 0 Å². The minimum atomic E-state index is -0.565. The Morgan fingerprint density at radius 2 is 2.17 bits per heavy atom. The van der Waals surface area contributed by atoms with Gasteiger partial charge in [0.2, 0.25) is 0 Å². The number of rotatable bonds is 0. The van der Waals surface area contributed by atoms with Crippen LogP contribution in [0, 0.1) is 0 Å². The molecule has 0 spiro atoms. The van der Waals surface area contributed by atoms with E-state index in [-0.39, 0.29) is 11.4 Å². The lowest BCUT2D eigenvalue weighted by Crippen LogP contribution is -2.18. The SMILES string of the molecule is NC1=NC(=O)c2c1cc[nH]c2=O. The molecule has 0 fully saturated rings. The first-order chi connectivity index (χ1) is 5.70. The second kappa shape index (κ2) is 2.04. The summed E-state index contributed by atoms with van der Waals surface area (Å²) in [6, 6.07) is 1.56. The molecule has 2 heterocycles. The summed E-state index contributed by atoms with van der Waals surface area (Å²) in [5, 5.41) is 0. The van der Waals surface area contributed by atoms with Gasteiger partial charge < -0.3 is 10.7 Å². The highest BCUT2D eigenvalue weighted by atomic mass is 16.2. The summed E-state index contributed by atoms with van der Waals surface area (Å²) in [7, 11) is 0. The van der Waals surface area contributed by atoms with Crippen molar-refractivity contribution in [3.63, 3.8) is 0 Å². The number of pyridine rings is 1. The molecule has 3 N–H and O–H groups in total. The summed E-state index contributed by atoms with van der Waals surface area (Å²) in [6.45, 7) is 0. The quantitative estimate of drug-likeness (QED) is 0.526. The number of nitrogens with one attached hydrogen (secondary N) is 1. The normalized spacial score (nSPS) is 14.3. The van der Waals surface area contributed by atoms with E-state index in [9.17, 15) is 9.59 Å². The molecule has 0 aliphatic carbocycles. The van der Waals surface area contributed by atoms with Crippen LogP contribution in [-0.4, -0.2) is 16.7 Å². The van der Waals surface area contributed by atoms with E-state index in [1.165, 1.54) is 6.20 Å². The highest BCUT2D eigenvalue weighted by molar-refractivity contribution is 6.19. The number of aliphatic imine (C=N–C) groups is 1. The van der Waals surface area contributed by atoms with Crippen molar-refractivity contribution < 1.29 is 4.79 Å². The topological polar surface area (TPSA) is 88.3 Å². The second-order valence-electron chi connectivity index (χ2n) is 2.40. The van der Waals surface area contributed by atoms with Crippen LogP contribution >= 0.6 is 0 Å². The highest BCUT2D eigenvalue weighted by Gasteiger charge is 2.23. The van der Waals surface area contributed by atoms with Crippen molar-refractivity contribution in [1.29, 1.82) is 0 Å². The summed E-state index contributed by atoms with van der Waals surface area (Å²) in [5.41, 5.74) is 5.40. The number of hydrogen-bond acceptors (Lipinski definition) is 3. The van der Waals surface area contributed by atoms with Crippen LogP contribution < -0.4 is 11.3 Å². The summed E-state index contributed by atoms with van der Waals surface area (Å²) in [6.07, 6.45) is 1.43. The second-order valence-corrected chi connectivity index (χ2v) is 2.40. The van der Waals surface area contributed by atoms with Crippen LogP contribution in [0.1, 0.15) is 15.9 Å². The molecule has 1 aliphatic heterocycles. The fraction of sp³-hybridized carbons (Fsp3) is 0. The molecule has 60 valence electrons.